The number of pyridine rings is 1. The molecule has 11 heteroatoms. The summed E-state index contributed by atoms with van der Waals surface area (Å²) in [5.74, 6) is 0.252. The van der Waals surface area contributed by atoms with Gasteiger partial charge in [0.15, 0.2) is 0 Å². The van der Waals surface area contributed by atoms with Crippen LogP contribution in [0.3, 0.4) is 0 Å². The van der Waals surface area contributed by atoms with E-state index in [-0.39, 0.29) is 35.3 Å². The molecule has 202 valence electrons. The summed E-state index contributed by atoms with van der Waals surface area (Å²) in [6.07, 6.45) is 7.23. The number of amides is 1. The Morgan fingerprint density at radius 3 is 2.59 bits per heavy atom. The van der Waals surface area contributed by atoms with E-state index in [1.807, 2.05) is 35.6 Å². The van der Waals surface area contributed by atoms with Crippen molar-refractivity contribution in [2.75, 3.05) is 0 Å². The van der Waals surface area contributed by atoms with Gasteiger partial charge in [-0.1, -0.05) is 17.9 Å². The van der Waals surface area contributed by atoms with Crippen LogP contribution in [0.5, 0.6) is 5.75 Å². The topological polar surface area (TPSA) is 91.0 Å². The molecule has 0 saturated carbocycles. The molecule has 39 heavy (non-hydrogen) atoms. The third kappa shape index (κ3) is 4.35. The molecule has 0 aliphatic carbocycles. The van der Waals surface area contributed by atoms with Gasteiger partial charge < -0.3 is 9.64 Å². The molecule has 0 radical (unpaired) electrons. The maximum absolute atomic E-state index is 13.8. The fourth-order valence-electron chi connectivity index (χ4n) is 6.14. The van der Waals surface area contributed by atoms with Crippen LogP contribution in [0.4, 0.5) is 8.78 Å². The lowest BCUT2D eigenvalue weighted by atomic mass is 9.96. The number of halogens is 2. The summed E-state index contributed by atoms with van der Waals surface area (Å²) in [6.45, 7) is 4.66. The van der Waals surface area contributed by atoms with Crippen molar-refractivity contribution in [1.82, 2.24) is 34.4 Å². The second kappa shape index (κ2) is 9.87. The standard InChI is InChI=1S/C28H29F2N7O2/c1-4-25(38)36-19-8-9-20(36)14-21(13-19)37-16(2)26(33-34-37)18-11-23-27(35(15-32-23)28(29)30)24(12-18)39-17(3)22-7-5-6-10-31-22/h4-7,10-12,15,17,19-21,28H,1,8-9,13-14H2,2-3H3/t17-,19?,20?,21?/m1/s1. The van der Waals surface area contributed by atoms with Gasteiger partial charge in [0, 0.05) is 23.8 Å². The van der Waals surface area contributed by atoms with E-state index in [0.29, 0.717) is 22.5 Å². The molecule has 2 bridgehead atoms. The highest BCUT2D eigenvalue weighted by Gasteiger charge is 2.43. The number of carbonyl (C=O) groups excluding carboxylic acids is 1. The summed E-state index contributed by atoms with van der Waals surface area (Å²) in [6, 6.07) is 9.37. The molecule has 2 saturated heterocycles. The number of hydrogen-bond donors (Lipinski definition) is 0. The minimum absolute atomic E-state index is 0.0130. The highest BCUT2D eigenvalue weighted by Crippen LogP contribution is 2.42. The summed E-state index contributed by atoms with van der Waals surface area (Å²) in [5.41, 5.74) is 3.43. The molecule has 6 rings (SSSR count). The molecule has 9 nitrogen and oxygen atoms in total. The number of piperidine rings is 1. The van der Waals surface area contributed by atoms with Gasteiger partial charge >= 0.3 is 6.55 Å². The highest BCUT2D eigenvalue weighted by molar-refractivity contribution is 5.88. The molecule has 3 aromatic heterocycles. The summed E-state index contributed by atoms with van der Waals surface area (Å²) in [5, 5.41) is 9.00. The number of aromatic nitrogens is 6. The summed E-state index contributed by atoms with van der Waals surface area (Å²) in [7, 11) is 0. The Balaban J connectivity index is 1.35. The summed E-state index contributed by atoms with van der Waals surface area (Å²) < 4.78 is 36.6. The van der Waals surface area contributed by atoms with Crippen molar-refractivity contribution in [3.05, 3.63) is 66.9 Å². The Kier molecular flexibility index (Phi) is 6.36. The molecular formula is C28H29F2N7O2. The lowest BCUT2D eigenvalue weighted by molar-refractivity contribution is -0.130. The van der Waals surface area contributed by atoms with E-state index in [1.54, 1.807) is 24.4 Å². The van der Waals surface area contributed by atoms with Gasteiger partial charge in [-0.2, -0.15) is 8.78 Å². The van der Waals surface area contributed by atoms with E-state index in [1.165, 1.54) is 6.08 Å². The van der Waals surface area contributed by atoms with Crippen LogP contribution in [-0.4, -0.2) is 52.4 Å². The van der Waals surface area contributed by atoms with Gasteiger partial charge in [0.2, 0.25) is 5.91 Å². The number of imidazole rings is 1. The quantitative estimate of drug-likeness (QED) is 0.295. The SMILES string of the molecule is C=CC(=O)N1C2CCC1CC(n1nnc(-c3cc(O[C@H](C)c4ccccn4)c4c(c3)ncn4C(F)F)c1C)C2. The number of hydrogen-bond acceptors (Lipinski definition) is 6. The summed E-state index contributed by atoms with van der Waals surface area (Å²) >= 11 is 0. The fourth-order valence-corrected chi connectivity index (χ4v) is 6.14. The van der Waals surface area contributed by atoms with Gasteiger partial charge in [0.05, 0.1) is 22.9 Å². The second-order valence-corrected chi connectivity index (χ2v) is 10.2. The van der Waals surface area contributed by atoms with Crippen molar-refractivity contribution in [3.63, 3.8) is 0 Å². The van der Waals surface area contributed by atoms with Crippen LogP contribution in [-0.2, 0) is 4.79 Å². The van der Waals surface area contributed by atoms with Crippen molar-refractivity contribution < 1.29 is 18.3 Å². The molecule has 5 heterocycles. The lowest BCUT2D eigenvalue weighted by Gasteiger charge is -2.38. The van der Waals surface area contributed by atoms with Gasteiger partial charge in [0.25, 0.3) is 0 Å². The highest BCUT2D eigenvalue weighted by atomic mass is 19.3. The van der Waals surface area contributed by atoms with Crippen LogP contribution in [0.1, 0.15) is 62.7 Å². The number of alkyl halides is 2. The van der Waals surface area contributed by atoms with E-state index in [0.717, 1.165) is 42.3 Å². The Labute approximate surface area is 224 Å². The molecule has 3 atom stereocenters. The van der Waals surface area contributed by atoms with Gasteiger partial charge in [-0.3, -0.25) is 14.3 Å². The predicted octanol–water partition coefficient (Wildman–Crippen LogP) is 5.41. The monoisotopic (exact) mass is 533 g/mol. The predicted molar refractivity (Wildman–Crippen MR) is 140 cm³/mol. The van der Waals surface area contributed by atoms with Crippen LogP contribution < -0.4 is 4.74 Å². The molecule has 0 spiro atoms. The van der Waals surface area contributed by atoms with E-state index in [4.69, 9.17) is 4.74 Å². The number of fused-ring (bicyclic) bond motifs is 3. The van der Waals surface area contributed by atoms with E-state index in [9.17, 15) is 13.6 Å². The van der Waals surface area contributed by atoms with Gasteiger partial charge in [-0.25, -0.2) is 9.67 Å². The third-order valence-electron chi connectivity index (χ3n) is 7.94. The van der Waals surface area contributed by atoms with Crippen molar-refractivity contribution >= 4 is 16.9 Å². The Morgan fingerprint density at radius 1 is 1.15 bits per heavy atom. The van der Waals surface area contributed by atoms with E-state index in [2.05, 4.69) is 26.9 Å². The van der Waals surface area contributed by atoms with Crippen LogP contribution in [0, 0.1) is 6.92 Å². The smallest absolute Gasteiger partial charge is 0.320 e. The number of nitrogens with zero attached hydrogens (tertiary/aromatic N) is 7. The zero-order chi connectivity index (χ0) is 27.3. The molecule has 0 N–H and O–H groups in total. The Bertz CT molecular complexity index is 1520. The van der Waals surface area contributed by atoms with Crippen LogP contribution >= 0.6 is 0 Å². The number of carbonyl (C=O) groups is 1. The van der Waals surface area contributed by atoms with Crippen molar-refractivity contribution in [2.24, 2.45) is 0 Å². The maximum atomic E-state index is 13.8. The maximum Gasteiger partial charge on any atom is 0.320 e. The molecule has 4 aromatic rings. The fraction of sp³-hybridized carbons (Fsp3) is 0.393. The first-order chi connectivity index (χ1) is 18.9. The first-order valence-electron chi connectivity index (χ1n) is 13.1. The molecule has 2 aliphatic heterocycles. The van der Waals surface area contributed by atoms with Crippen molar-refractivity contribution in [1.29, 1.82) is 0 Å². The molecule has 2 aliphatic rings. The van der Waals surface area contributed by atoms with Gasteiger partial charge in [-0.05, 0) is 69.9 Å². The molecule has 1 amide bonds. The Hall–Kier alpha value is -4.15. The normalized spacial score (nSPS) is 21.5. The minimum Gasteiger partial charge on any atom is -0.482 e. The summed E-state index contributed by atoms with van der Waals surface area (Å²) in [4.78, 5) is 22.9. The first kappa shape index (κ1) is 25.1. The average Bonchev–Trinajstić information content (AvgIpc) is 3.62. The van der Waals surface area contributed by atoms with Crippen molar-refractivity contribution in [2.45, 2.75) is 70.3 Å². The molecule has 2 unspecified atom stereocenters. The third-order valence-corrected chi connectivity index (χ3v) is 7.94. The van der Waals surface area contributed by atoms with Crippen LogP contribution in [0.25, 0.3) is 22.3 Å². The number of rotatable bonds is 7. The average molecular weight is 534 g/mol. The van der Waals surface area contributed by atoms with Crippen LogP contribution in [0.2, 0.25) is 0 Å². The van der Waals surface area contributed by atoms with E-state index >= 15 is 0 Å². The largest absolute Gasteiger partial charge is 0.482 e. The zero-order valence-corrected chi connectivity index (χ0v) is 21.7. The number of benzene rings is 1. The van der Waals surface area contributed by atoms with Gasteiger partial charge in [-0.15, -0.1) is 5.10 Å². The van der Waals surface area contributed by atoms with Crippen LogP contribution in [0.15, 0.2) is 55.5 Å². The molecule has 1 aromatic carbocycles. The number of ether oxygens (including phenoxy) is 1. The van der Waals surface area contributed by atoms with Crippen molar-refractivity contribution in [3.8, 4) is 17.0 Å². The van der Waals surface area contributed by atoms with Gasteiger partial charge in [0.1, 0.15) is 29.4 Å². The zero-order valence-electron chi connectivity index (χ0n) is 21.7. The van der Waals surface area contributed by atoms with E-state index < -0.39 is 12.7 Å². The molecular weight excluding hydrogens is 504 g/mol. The minimum atomic E-state index is -2.77. The molecule has 2 fully saturated rings. The Morgan fingerprint density at radius 2 is 1.92 bits per heavy atom. The second-order valence-electron chi connectivity index (χ2n) is 10.2. The lowest BCUT2D eigenvalue weighted by Crippen LogP contribution is -2.46. The first-order valence-corrected chi connectivity index (χ1v) is 13.1.